The summed E-state index contributed by atoms with van der Waals surface area (Å²) < 4.78 is 11.5. The minimum absolute atomic E-state index is 0.0146. The lowest BCUT2D eigenvalue weighted by molar-refractivity contribution is -0.180. The first kappa shape index (κ1) is 35.6. The third kappa shape index (κ3) is 13.2. The van der Waals surface area contributed by atoms with Gasteiger partial charge in [-0.05, 0) is 125 Å². The van der Waals surface area contributed by atoms with Crippen LogP contribution in [-0.2, 0) is 30.4 Å². The van der Waals surface area contributed by atoms with Crippen molar-refractivity contribution < 1.29 is 23.9 Å². The number of nitrogens with one attached hydrogen (secondary N) is 3. The summed E-state index contributed by atoms with van der Waals surface area (Å²) in [5.74, 6) is 1.84. The first-order valence-corrected chi connectivity index (χ1v) is 17.8. The predicted octanol–water partition coefficient (Wildman–Crippen LogP) is 6.69. The molecule has 0 aliphatic heterocycles. The molecule has 1 aromatic carbocycles. The van der Waals surface area contributed by atoms with Crippen LogP contribution >= 0.6 is 0 Å². The summed E-state index contributed by atoms with van der Waals surface area (Å²) in [5.41, 5.74) is 4.59. The maximum absolute atomic E-state index is 13.2. The summed E-state index contributed by atoms with van der Waals surface area (Å²) in [4.78, 5) is 30.6. The zero-order chi connectivity index (χ0) is 31.9. The molecule has 8 nitrogen and oxygen atoms in total. The van der Waals surface area contributed by atoms with E-state index in [0.29, 0.717) is 30.3 Å². The smallest absolute Gasteiger partial charge is 0.323 e. The number of esters is 1. The molecular formula is C37H59N3O5. The van der Waals surface area contributed by atoms with Crippen molar-refractivity contribution in [2.45, 2.75) is 129 Å². The zero-order valence-electron chi connectivity index (χ0n) is 28.1. The number of hydrogen-bond acceptors (Lipinski definition) is 7. The molecule has 1 unspecified atom stereocenters. The fraction of sp³-hybridized carbons (Fsp3) is 0.730. The van der Waals surface area contributed by atoms with Crippen LogP contribution in [0.15, 0.2) is 30.3 Å². The Hall–Kier alpha value is -2.26. The minimum Gasteiger partial charge on any atom is -0.461 e. The standard InChI is InChI=1S/C37H59N3O5/c1-27(2)26-43-28(3)45-40-35(41)21-20-29-10-9-11-32(22-29)24-38-23-30-16-18-31(19-17-30)25-39-36(33-12-5-4-6-13-33)37(42)44-34-14-7-8-15-34/h9-11,20-22,27-28,30-31,33-34,36,38-39H,4-8,12-19,23-26H2,1-3H3,(H,40,41)/b21-20+/t28?,30?,31?,36-/m0/s1. The molecule has 0 bridgehead atoms. The van der Waals surface area contributed by atoms with E-state index in [-0.39, 0.29) is 24.0 Å². The Balaban J connectivity index is 1.13. The number of hydrogen-bond donors (Lipinski definition) is 3. The van der Waals surface area contributed by atoms with E-state index in [1.807, 2.05) is 12.1 Å². The van der Waals surface area contributed by atoms with E-state index in [2.05, 4.69) is 42.1 Å². The highest BCUT2D eigenvalue weighted by Crippen LogP contribution is 2.31. The fourth-order valence-corrected chi connectivity index (χ4v) is 7.02. The van der Waals surface area contributed by atoms with E-state index in [1.165, 1.54) is 69.4 Å². The Bertz CT molecular complexity index is 1040. The van der Waals surface area contributed by atoms with E-state index in [4.69, 9.17) is 14.3 Å². The van der Waals surface area contributed by atoms with E-state index in [1.54, 1.807) is 13.0 Å². The summed E-state index contributed by atoms with van der Waals surface area (Å²) in [7, 11) is 0. The van der Waals surface area contributed by atoms with Crippen molar-refractivity contribution >= 4 is 18.0 Å². The molecule has 3 aliphatic carbocycles. The molecule has 3 N–H and O–H groups in total. The van der Waals surface area contributed by atoms with Crippen LogP contribution in [0.1, 0.15) is 115 Å². The molecule has 2 atom stereocenters. The van der Waals surface area contributed by atoms with Gasteiger partial charge in [-0.15, -0.1) is 0 Å². The van der Waals surface area contributed by atoms with Crippen LogP contribution in [0.5, 0.6) is 0 Å². The van der Waals surface area contributed by atoms with Crippen LogP contribution < -0.4 is 16.1 Å². The third-order valence-electron chi connectivity index (χ3n) is 9.68. The van der Waals surface area contributed by atoms with Gasteiger partial charge in [-0.1, -0.05) is 57.4 Å². The number of benzene rings is 1. The minimum atomic E-state index is -0.499. The van der Waals surface area contributed by atoms with Gasteiger partial charge in [0, 0.05) is 12.6 Å². The number of rotatable bonds is 17. The van der Waals surface area contributed by atoms with Gasteiger partial charge in [0.05, 0.1) is 6.61 Å². The van der Waals surface area contributed by atoms with Crippen LogP contribution in [0, 0.1) is 23.7 Å². The largest absolute Gasteiger partial charge is 0.461 e. The van der Waals surface area contributed by atoms with Gasteiger partial charge in [-0.2, -0.15) is 0 Å². The highest BCUT2D eigenvalue weighted by Gasteiger charge is 2.33. The monoisotopic (exact) mass is 625 g/mol. The first-order chi connectivity index (χ1) is 21.9. The number of hydroxylamine groups is 1. The summed E-state index contributed by atoms with van der Waals surface area (Å²) in [6.45, 7) is 9.20. The molecular weight excluding hydrogens is 566 g/mol. The van der Waals surface area contributed by atoms with Gasteiger partial charge in [0.15, 0.2) is 6.29 Å². The second-order valence-corrected chi connectivity index (χ2v) is 14.1. The van der Waals surface area contributed by atoms with E-state index < -0.39 is 6.29 Å². The zero-order valence-corrected chi connectivity index (χ0v) is 28.1. The molecule has 4 rings (SSSR count). The summed E-state index contributed by atoms with van der Waals surface area (Å²) in [6.07, 6.45) is 18.3. The lowest BCUT2D eigenvalue weighted by atomic mass is 9.80. The molecule has 252 valence electrons. The van der Waals surface area contributed by atoms with Crippen molar-refractivity contribution in [1.82, 2.24) is 16.1 Å². The van der Waals surface area contributed by atoms with Crippen LogP contribution in [0.2, 0.25) is 0 Å². The van der Waals surface area contributed by atoms with Crippen molar-refractivity contribution in [3.63, 3.8) is 0 Å². The molecule has 1 aromatic rings. The van der Waals surface area contributed by atoms with Gasteiger partial charge in [0.25, 0.3) is 5.91 Å². The summed E-state index contributed by atoms with van der Waals surface area (Å²) >= 11 is 0. The van der Waals surface area contributed by atoms with Crippen molar-refractivity contribution in [3.05, 3.63) is 41.5 Å². The number of carbonyl (C=O) groups excluding carboxylic acids is 2. The second kappa shape index (κ2) is 19.4. The molecule has 3 fully saturated rings. The molecule has 0 aromatic heterocycles. The normalized spacial score (nSPS) is 22.9. The molecule has 3 saturated carbocycles. The molecule has 3 aliphatic rings. The average Bonchev–Trinajstić information content (AvgIpc) is 3.56. The topological polar surface area (TPSA) is 97.9 Å². The van der Waals surface area contributed by atoms with Crippen LogP contribution in [-0.4, -0.2) is 50.0 Å². The van der Waals surface area contributed by atoms with E-state index in [0.717, 1.165) is 50.9 Å². The highest BCUT2D eigenvalue weighted by atomic mass is 16.8. The molecule has 1 amide bonds. The van der Waals surface area contributed by atoms with Crippen LogP contribution in [0.25, 0.3) is 6.08 Å². The fourth-order valence-electron chi connectivity index (χ4n) is 7.02. The molecule has 0 radical (unpaired) electrons. The second-order valence-electron chi connectivity index (χ2n) is 14.1. The van der Waals surface area contributed by atoms with E-state index >= 15 is 0 Å². The van der Waals surface area contributed by atoms with Gasteiger partial charge < -0.3 is 20.1 Å². The molecule has 0 heterocycles. The van der Waals surface area contributed by atoms with Gasteiger partial charge in [-0.25, -0.2) is 10.3 Å². The maximum atomic E-state index is 13.2. The van der Waals surface area contributed by atoms with E-state index in [9.17, 15) is 9.59 Å². The lowest BCUT2D eigenvalue weighted by Gasteiger charge is -2.33. The Morgan fingerprint density at radius 2 is 1.58 bits per heavy atom. The highest BCUT2D eigenvalue weighted by molar-refractivity contribution is 5.90. The third-order valence-corrected chi connectivity index (χ3v) is 9.68. The molecule has 0 saturated heterocycles. The van der Waals surface area contributed by atoms with Crippen molar-refractivity contribution in [2.75, 3.05) is 19.7 Å². The van der Waals surface area contributed by atoms with Crippen LogP contribution in [0.4, 0.5) is 0 Å². The first-order valence-electron chi connectivity index (χ1n) is 17.8. The SMILES string of the molecule is CC(C)COC(C)ONC(=O)/C=C/c1cccc(CNCC2CCC(CN[C@H](C(=O)OC3CCCC3)C3CCCCC3)CC2)c1. The number of amides is 1. The Morgan fingerprint density at radius 3 is 2.29 bits per heavy atom. The van der Waals surface area contributed by atoms with Crippen molar-refractivity contribution in [1.29, 1.82) is 0 Å². The van der Waals surface area contributed by atoms with Gasteiger partial charge in [0.1, 0.15) is 12.1 Å². The van der Waals surface area contributed by atoms with Gasteiger partial charge in [0.2, 0.25) is 0 Å². The predicted molar refractivity (Wildman–Crippen MR) is 179 cm³/mol. The summed E-state index contributed by atoms with van der Waals surface area (Å²) in [6, 6.07) is 8.11. The number of carbonyl (C=O) groups is 2. The Kier molecular flexibility index (Phi) is 15.4. The van der Waals surface area contributed by atoms with Gasteiger partial charge >= 0.3 is 5.97 Å². The quantitative estimate of drug-likeness (QED) is 0.0768. The lowest BCUT2D eigenvalue weighted by Crippen LogP contribution is -2.47. The molecule has 45 heavy (non-hydrogen) atoms. The number of ether oxygens (including phenoxy) is 2. The van der Waals surface area contributed by atoms with Crippen molar-refractivity contribution in [3.8, 4) is 0 Å². The van der Waals surface area contributed by atoms with Crippen LogP contribution in [0.3, 0.4) is 0 Å². The average molecular weight is 626 g/mol. The Labute approximate surface area is 271 Å². The maximum Gasteiger partial charge on any atom is 0.323 e. The van der Waals surface area contributed by atoms with Crippen molar-refractivity contribution in [2.24, 2.45) is 23.7 Å². The summed E-state index contributed by atoms with van der Waals surface area (Å²) in [5, 5.41) is 7.38. The molecule has 8 heteroatoms. The van der Waals surface area contributed by atoms with Gasteiger partial charge in [-0.3, -0.25) is 9.59 Å². The Morgan fingerprint density at radius 1 is 0.889 bits per heavy atom. The molecule has 0 spiro atoms.